The number of benzene rings is 4. The second-order valence-electron chi connectivity index (χ2n) is 10.4. The maximum absolute atomic E-state index is 14.4. The van der Waals surface area contributed by atoms with E-state index in [9.17, 15) is 18.0 Å². The third-order valence-corrected chi connectivity index (χ3v) is 9.57. The lowest BCUT2D eigenvalue weighted by Gasteiger charge is -2.34. The number of halogens is 3. The highest BCUT2D eigenvalue weighted by Crippen LogP contribution is 2.29. The molecule has 0 fully saturated rings. The summed E-state index contributed by atoms with van der Waals surface area (Å²) in [6.07, 6.45) is 0.166. The average Bonchev–Trinajstić information content (AvgIpc) is 3.00. The molecule has 44 heavy (non-hydrogen) atoms. The Bertz CT molecular complexity index is 1670. The van der Waals surface area contributed by atoms with Gasteiger partial charge in [-0.1, -0.05) is 89.4 Å². The molecule has 0 saturated heterocycles. The molecule has 4 aromatic carbocycles. The van der Waals surface area contributed by atoms with Crippen LogP contribution in [0.4, 0.5) is 5.69 Å². The van der Waals surface area contributed by atoms with Crippen molar-refractivity contribution in [3.05, 3.63) is 129 Å². The van der Waals surface area contributed by atoms with E-state index in [-0.39, 0.29) is 29.6 Å². The molecule has 0 aliphatic carbocycles. The predicted molar refractivity (Wildman–Crippen MR) is 177 cm³/mol. The van der Waals surface area contributed by atoms with Crippen molar-refractivity contribution < 1.29 is 18.0 Å². The molecule has 4 aromatic rings. The molecule has 4 rings (SSSR count). The van der Waals surface area contributed by atoms with E-state index >= 15 is 0 Å². The number of anilines is 1. The smallest absolute Gasteiger partial charge is 0.264 e. The molecule has 1 atom stereocenters. The van der Waals surface area contributed by atoms with Crippen LogP contribution in [0.1, 0.15) is 25.0 Å². The zero-order chi connectivity index (χ0) is 31.9. The summed E-state index contributed by atoms with van der Waals surface area (Å²) in [4.78, 5) is 29.6. The number of carbonyl (C=O) groups excluding carboxylic acids is 2. The van der Waals surface area contributed by atoms with E-state index < -0.39 is 34.4 Å². The average molecular weight is 673 g/mol. The minimum absolute atomic E-state index is 0.00170. The molecule has 0 saturated carbocycles. The Morgan fingerprint density at radius 1 is 0.773 bits per heavy atom. The van der Waals surface area contributed by atoms with E-state index in [1.54, 1.807) is 48.5 Å². The molecule has 7 nitrogen and oxygen atoms in total. The summed E-state index contributed by atoms with van der Waals surface area (Å²) in [5.74, 6) is -1.03. The summed E-state index contributed by atoms with van der Waals surface area (Å²) in [6, 6.07) is 27.0. The number of rotatable bonds is 12. The van der Waals surface area contributed by atoms with Crippen LogP contribution in [0.5, 0.6) is 0 Å². The maximum atomic E-state index is 14.4. The van der Waals surface area contributed by atoms with Crippen LogP contribution in [0.2, 0.25) is 15.1 Å². The van der Waals surface area contributed by atoms with Gasteiger partial charge in [0.2, 0.25) is 11.8 Å². The molecule has 0 aromatic heterocycles. The van der Waals surface area contributed by atoms with Gasteiger partial charge in [0.25, 0.3) is 10.0 Å². The molecule has 0 heterocycles. The van der Waals surface area contributed by atoms with Gasteiger partial charge in [-0.25, -0.2) is 8.42 Å². The fraction of sp³-hybridized carbons (Fsp3) is 0.212. The largest absolute Gasteiger partial charge is 0.352 e. The van der Waals surface area contributed by atoms with Crippen molar-refractivity contribution in [1.82, 2.24) is 10.2 Å². The second kappa shape index (κ2) is 14.9. The molecule has 0 unspecified atom stereocenters. The van der Waals surface area contributed by atoms with Gasteiger partial charge in [0.15, 0.2) is 0 Å². The van der Waals surface area contributed by atoms with Gasteiger partial charge in [0.1, 0.15) is 12.6 Å². The van der Waals surface area contributed by atoms with E-state index in [4.69, 9.17) is 34.8 Å². The van der Waals surface area contributed by atoms with Gasteiger partial charge in [-0.15, -0.1) is 0 Å². The number of sulfonamides is 1. The highest BCUT2D eigenvalue weighted by molar-refractivity contribution is 7.92. The third kappa shape index (κ3) is 8.33. The summed E-state index contributed by atoms with van der Waals surface area (Å²) in [6.45, 7) is 2.90. The summed E-state index contributed by atoms with van der Waals surface area (Å²) in [5.41, 5.74) is 1.48. The Morgan fingerprint density at radius 2 is 1.34 bits per heavy atom. The molecule has 0 aliphatic heterocycles. The van der Waals surface area contributed by atoms with Crippen LogP contribution in [-0.2, 0) is 32.6 Å². The van der Waals surface area contributed by atoms with Crippen molar-refractivity contribution in [2.75, 3.05) is 10.8 Å². The Hall–Kier alpha value is -3.56. The van der Waals surface area contributed by atoms with E-state index in [0.717, 1.165) is 9.87 Å². The lowest BCUT2D eigenvalue weighted by Crippen LogP contribution is -2.54. The van der Waals surface area contributed by atoms with E-state index in [1.807, 2.05) is 44.2 Å². The molecular weight excluding hydrogens is 641 g/mol. The van der Waals surface area contributed by atoms with Crippen molar-refractivity contribution in [3.63, 3.8) is 0 Å². The number of nitrogens with one attached hydrogen (secondary N) is 1. The van der Waals surface area contributed by atoms with Gasteiger partial charge in [0, 0.05) is 39.6 Å². The maximum Gasteiger partial charge on any atom is 0.264 e. The quantitative estimate of drug-likeness (QED) is 0.176. The lowest BCUT2D eigenvalue weighted by atomic mass is 10.0. The zero-order valence-corrected chi connectivity index (χ0v) is 27.2. The van der Waals surface area contributed by atoms with Gasteiger partial charge in [0.05, 0.1) is 10.6 Å². The summed E-state index contributed by atoms with van der Waals surface area (Å²) in [5, 5.41) is 3.94. The fourth-order valence-electron chi connectivity index (χ4n) is 4.64. The highest BCUT2D eigenvalue weighted by Gasteiger charge is 2.35. The van der Waals surface area contributed by atoms with Gasteiger partial charge in [-0.2, -0.15) is 0 Å². The van der Waals surface area contributed by atoms with Crippen LogP contribution in [0.3, 0.4) is 0 Å². The second-order valence-corrected chi connectivity index (χ2v) is 13.5. The number of nitrogens with zero attached hydrogens (tertiary/aromatic N) is 2. The van der Waals surface area contributed by atoms with Gasteiger partial charge in [-0.05, 0) is 67.9 Å². The number of hydrogen-bond acceptors (Lipinski definition) is 4. The standard InChI is InChI=1S/C33H32Cl3N3O4S/c1-23(2)37-33(41)31(20-24-10-5-3-6-11-24)38(21-28-29(35)14-9-15-30(28)36)32(40)22-39(26-18-16-25(34)17-19-26)44(42,43)27-12-7-4-8-13-27/h3-19,23,31H,20-22H2,1-2H3,(H,37,41)/t31-/m0/s1. The first-order valence-corrected chi connectivity index (χ1v) is 16.4. The molecule has 0 spiro atoms. The van der Waals surface area contributed by atoms with Crippen molar-refractivity contribution in [3.8, 4) is 0 Å². The van der Waals surface area contributed by atoms with Crippen LogP contribution in [0.15, 0.2) is 108 Å². The van der Waals surface area contributed by atoms with Crippen LogP contribution in [-0.4, -0.2) is 43.8 Å². The Labute approximate surface area is 273 Å². The number of amides is 2. The van der Waals surface area contributed by atoms with Gasteiger partial charge in [-0.3, -0.25) is 13.9 Å². The molecule has 1 N–H and O–H groups in total. The number of hydrogen-bond donors (Lipinski definition) is 1. The van der Waals surface area contributed by atoms with E-state index in [1.165, 1.54) is 29.2 Å². The lowest BCUT2D eigenvalue weighted by molar-refractivity contribution is -0.140. The predicted octanol–water partition coefficient (Wildman–Crippen LogP) is 7.01. The molecule has 0 aliphatic rings. The summed E-state index contributed by atoms with van der Waals surface area (Å²) in [7, 11) is -4.22. The molecular formula is C33H32Cl3N3O4S. The van der Waals surface area contributed by atoms with Crippen molar-refractivity contribution in [2.24, 2.45) is 0 Å². The number of carbonyl (C=O) groups is 2. The van der Waals surface area contributed by atoms with Crippen LogP contribution in [0.25, 0.3) is 0 Å². The van der Waals surface area contributed by atoms with Crippen LogP contribution in [0, 0.1) is 0 Å². The molecule has 0 radical (unpaired) electrons. The topological polar surface area (TPSA) is 86.8 Å². The molecule has 230 valence electrons. The SMILES string of the molecule is CC(C)NC(=O)[C@H](Cc1ccccc1)N(Cc1c(Cl)cccc1Cl)C(=O)CN(c1ccc(Cl)cc1)S(=O)(=O)c1ccccc1. The van der Waals surface area contributed by atoms with E-state index in [0.29, 0.717) is 20.6 Å². The van der Waals surface area contributed by atoms with Gasteiger partial charge >= 0.3 is 0 Å². The fourth-order valence-corrected chi connectivity index (χ4v) is 6.72. The minimum Gasteiger partial charge on any atom is -0.352 e. The van der Waals surface area contributed by atoms with Crippen LogP contribution < -0.4 is 9.62 Å². The summed E-state index contributed by atoms with van der Waals surface area (Å²) >= 11 is 19.2. The van der Waals surface area contributed by atoms with Gasteiger partial charge < -0.3 is 10.2 Å². The van der Waals surface area contributed by atoms with E-state index in [2.05, 4.69) is 5.32 Å². The Balaban J connectivity index is 1.83. The molecule has 0 bridgehead atoms. The zero-order valence-electron chi connectivity index (χ0n) is 24.2. The minimum atomic E-state index is -4.22. The highest BCUT2D eigenvalue weighted by atomic mass is 35.5. The first-order chi connectivity index (χ1) is 21.0. The van der Waals surface area contributed by atoms with Crippen LogP contribution >= 0.6 is 34.8 Å². The normalized spacial score (nSPS) is 12.0. The first-order valence-electron chi connectivity index (χ1n) is 13.9. The summed E-state index contributed by atoms with van der Waals surface area (Å²) < 4.78 is 29.0. The Kier molecular flexibility index (Phi) is 11.3. The Morgan fingerprint density at radius 3 is 1.91 bits per heavy atom. The first kappa shape index (κ1) is 33.3. The molecule has 11 heteroatoms. The monoisotopic (exact) mass is 671 g/mol. The third-order valence-electron chi connectivity index (χ3n) is 6.82. The molecule has 2 amide bonds. The van der Waals surface area contributed by atoms with Crippen molar-refractivity contribution >= 4 is 62.3 Å². The van der Waals surface area contributed by atoms with Crippen molar-refractivity contribution in [2.45, 2.75) is 43.8 Å². The van der Waals surface area contributed by atoms with Crippen molar-refractivity contribution in [1.29, 1.82) is 0 Å².